The fraction of sp³-hybridized carbons (Fsp3) is 0.725. The molecule has 11 heteroatoms. The van der Waals surface area contributed by atoms with Gasteiger partial charge in [0.1, 0.15) is 18.0 Å². The van der Waals surface area contributed by atoms with E-state index in [1.165, 1.54) is 0 Å². The molecule has 0 unspecified atom stereocenters. The van der Waals surface area contributed by atoms with Gasteiger partial charge in [-0.25, -0.2) is 9.59 Å². The van der Waals surface area contributed by atoms with Crippen LogP contribution in [0.3, 0.4) is 0 Å². The van der Waals surface area contributed by atoms with E-state index in [1.54, 1.807) is 31.9 Å². The highest BCUT2D eigenvalue weighted by atomic mass is 16.7. The third kappa shape index (κ3) is 8.87. The molecule has 4 rings (SSSR count). The molecule has 3 heterocycles. The van der Waals surface area contributed by atoms with Crippen molar-refractivity contribution in [2.45, 2.75) is 141 Å². The smallest absolute Gasteiger partial charge is 0.410 e. The van der Waals surface area contributed by atoms with E-state index >= 15 is 0 Å². The Morgan fingerprint density at radius 3 is 2.33 bits per heavy atom. The normalized spacial score (nSPS) is 39.5. The Morgan fingerprint density at radius 2 is 1.73 bits per heavy atom. The van der Waals surface area contributed by atoms with Crippen molar-refractivity contribution in [3.8, 4) is 0 Å². The zero-order valence-corrected chi connectivity index (χ0v) is 32.6. The molecule has 0 bridgehead atoms. The minimum atomic E-state index is -1.27. The largest absolute Gasteiger partial charge is 0.455 e. The van der Waals surface area contributed by atoms with Gasteiger partial charge in [-0.1, -0.05) is 64.1 Å². The van der Waals surface area contributed by atoms with Crippen LogP contribution in [0.25, 0.3) is 0 Å². The number of ether oxygens (including phenoxy) is 5. The highest BCUT2D eigenvalue weighted by Crippen LogP contribution is 2.43. The number of benzene rings is 1. The second-order valence-electron chi connectivity index (χ2n) is 15.7. The Hall–Kier alpha value is -2.83. The van der Waals surface area contributed by atoms with Crippen LogP contribution in [0.15, 0.2) is 42.0 Å². The number of carbonyl (C=O) groups is 3. The van der Waals surface area contributed by atoms with Crippen molar-refractivity contribution in [1.29, 1.82) is 0 Å². The highest BCUT2D eigenvalue weighted by molar-refractivity contribution is 5.88. The molecule has 1 amide bonds. The van der Waals surface area contributed by atoms with Crippen LogP contribution >= 0.6 is 0 Å². The molecule has 1 N–H and O–H groups in total. The van der Waals surface area contributed by atoms with Crippen molar-refractivity contribution in [1.82, 2.24) is 9.80 Å². The quantitative estimate of drug-likeness (QED) is 0.325. The van der Waals surface area contributed by atoms with Gasteiger partial charge in [0.15, 0.2) is 11.9 Å². The number of aliphatic hydroxyl groups is 1. The van der Waals surface area contributed by atoms with Crippen molar-refractivity contribution in [2.24, 2.45) is 17.8 Å². The Kier molecular flexibility index (Phi) is 13.6. The number of cyclic esters (lactones) is 1. The molecular weight excluding hydrogens is 652 g/mol. The third-order valence-electron chi connectivity index (χ3n) is 11.5. The first-order valence-corrected chi connectivity index (χ1v) is 18.6. The fourth-order valence-corrected chi connectivity index (χ4v) is 8.71. The number of aliphatic hydroxyl groups excluding tert-OH is 1. The molecule has 1 aromatic carbocycles. The molecule has 286 valence electrons. The molecule has 11 nitrogen and oxygen atoms in total. The van der Waals surface area contributed by atoms with Crippen molar-refractivity contribution in [3.63, 3.8) is 0 Å². The lowest BCUT2D eigenvalue weighted by molar-refractivity contribution is -0.294. The Morgan fingerprint density at radius 1 is 1.06 bits per heavy atom. The second kappa shape index (κ2) is 16.9. The highest BCUT2D eigenvalue weighted by Gasteiger charge is 2.59. The summed E-state index contributed by atoms with van der Waals surface area (Å²) >= 11 is 0. The van der Waals surface area contributed by atoms with Gasteiger partial charge >= 0.3 is 12.1 Å². The molecule has 12 atom stereocenters. The van der Waals surface area contributed by atoms with Crippen molar-refractivity contribution in [3.05, 3.63) is 47.5 Å². The van der Waals surface area contributed by atoms with Gasteiger partial charge < -0.3 is 38.6 Å². The number of aryl methyl sites for hydroxylation is 1. The number of ketones is 1. The lowest BCUT2D eigenvalue weighted by Crippen LogP contribution is -2.59. The fourth-order valence-electron chi connectivity index (χ4n) is 8.71. The predicted molar refractivity (Wildman–Crippen MR) is 194 cm³/mol. The van der Waals surface area contributed by atoms with E-state index in [4.69, 9.17) is 23.7 Å². The van der Waals surface area contributed by atoms with Crippen LogP contribution in [0.4, 0.5) is 4.79 Å². The zero-order valence-electron chi connectivity index (χ0n) is 32.6. The number of methoxy groups -OCH3 is 1. The molecule has 0 radical (unpaired) electrons. The van der Waals surface area contributed by atoms with Gasteiger partial charge in [0, 0.05) is 43.0 Å². The van der Waals surface area contributed by atoms with E-state index in [1.807, 2.05) is 78.7 Å². The summed E-state index contributed by atoms with van der Waals surface area (Å²) in [5.41, 5.74) is -0.815. The molecule has 3 aliphatic rings. The summed E-state index contributed by atoms with van der Waals surface area (Å²) in [5.74, 6) is -2.22. The lowest BCUT2D eigenvalue weighted by Gasteiger charge is -2.47. The van der Waals surface area contributed by atoms with Crippen molar-refractivity contribution >= 4 is 17.8 Å². The number of likely N-dealkylation sites (N-methyl/N-ethyl adjacent to an activating group) is 1. The topological polar surface area (TPSA) is 124 Å². The first-order valence-electron chi connectivity index (χ1n) is 18.6. The third-order valence-corrected chi connectivity index (χ3v) is 11.5. The summed E-state index contributed by atoms with van der Waals surface area (Å²) in [6, 6.07) is 9.17. The number of hydrogen-bond donors (Lipinski definition) is 1. The number of carbonyl (C=O) groups excluding carboxylic acids is 3. The molecule has 0 saturated carbocycles. The van der Waals surface area contributed by atoms with Gasteiger partial charge in [-0.3, -0.25) is 4.79 Å². The van der Waals surface area contributed by atoms with Crippen LogP contribution in [-0.4, -0.2) is 114 Å². The standard InChI is InChI=1S/C40H62N2O9/c1-12-31-40(8)34(42(38(46)51-40)20-16-19-29-17-14-13-15-18-29)28(6)32(43)26(4)23-39(7,47-11)35(24(2)21-25(3)36(45)49-31)50-37-33(44)30(41(9)10)22-27(5)48-37/h13-15,17-18,21,24,26-28,30-31,33-35,37,44H,12,16,19-20,22-23H2,1-11H3/b25-21+/t24-,26+,27+,28+,30-,31+,33+,34+,35+,37-,39+,40+/m0/s1. The van der Waals surface area contributed by atoms with Gasteiger partial charge in [0.05, 0.1) is 23.9 Å². The number of fused-ring (bicyclic) bond motifs is 1. The van der Waals surface area contributed by atoms with Gasteiger partial charge in [-0.05, 0) is 79.5 Å². The van der Waals surface area contributed by atoms with Crippen LogP contribution < -0.4 is 0 Å². The molecule has 51 heavy (non-hydrogen) atoms. The Bertz CT molecular complexity index is 1390. The van der Waals surface area contributed by atoms with E-state index in [0.717, 1.165) is 12.0 Å². The number of esters is 1. The minimum Gasteiger partial charge on any atom is -0.455 e. The molecule has 0 aromatic heterocycles. The van der Waals surface area contributed by atoms with E-state index in [2.05, 4.69) is 12.1 Å². The van der Waals surface area contributed by atoms with Gasteiger partial charge in [0.2, 0.25) is 0 Å². The molecule has 1 aromatic rings. The van der Waals surface area contributed by atoms with E-state index in [-0.39, 0.29) is 24.3 Å². The van der Waals surface area contributed by atoms with Gasteiger partial charge in [-0.2, -0.15) is 0 Å². The van der Waals surface area contributed by atoms with Crippen LogP contribution in [0.1, 0.15) is 86.6 Å². The van der Waals surface area contributed by atoms with Crippen molar-refractivity contribution in [2.75, 3.05) is 27.7 Å². The number of rotatable bonds is 9. The molecule has 0 spiro atoms. The summed E-state index contributed by atoms with van der Waals surface area (Å²) in [5, 5.41) is 11.4. The zero-order chi connectivity index (χ0) is 37.8. The Balaban J connectivity index is 1.73. The minimum absolute atomic E-state index is 0.0625. The van der Waals surface area contributed by atoms with Crippen LogP contribution in [-0.2, 0) is 39.7 Å². The van der Waals surface area contributed by atoms with E-state index in [0.29, 0.717) is 31.4 Å². The summed E-state index contributed by atoms with van der Waals surface area (Å²) in [7, 11) is 5.42. The average molecular weight is 715 g/mol. The Labute approximate surface area is 304 Å². The maximum absolute atomic E-state index is 14.6. The number of hydrogen-bond acceptors (Lipinski definition) is 10. The maximum Gasteiger partial charge on any atom is 0.410 e. The van der Waals surface area contributed by atoms with Gasteiger partial charge in [-0.15, -0.1) is 0 Å². The van der Waals surface area contributed by atoms with Crippen LogP contribution in [0.5, 0.6) is 0 Å². The van der Waals surface area contributed by atoms with Gasteiger partial charge in [0.25, 0.3) is 0 Å². The molecule has 2 saturated heterocycles. The summed E-state index contributed by atoms with van der Waals surface area (Å²) in [6.45, 7) is 15.2. The maximum atomic E-state index is 14.6. The van der Waals surface area contributed by atoms with Crippen molar-refractivity contribution < 1.29 is 43.2 Å². The number of Topliss-reactive ketones (excluding diaryl/α,β-unsaturated/α-hetero) is 1. The summed E-state index contributed by atoms with van der Waals surface area (Å²) < 4.78 is 31.4. The first kappa shape index (κ1) is 40.9. The first-order chi connectivity index (χ1) is 24.0. The predicted octanol–water partition coefficient (Wildman–Crippen LogP) is 5.56. The SMILES string of the molecule is CC[C@H]1OC(=O)/C(C)=C/[C@H](C)[C@@H](O[C@@H]2O[C@H](C)C[C@H](N(C)C)[C@H]2O)[C@](C)(OC)C[C@@H](C)C(=O)[C@@H](C)[C@H]2N(CCCc3ccccc3)C(=O)O[C@]12C. The second-order valence-corrected chi connectivity index (χ2v) is 15.7. The molecule has 2 fully saturated rings. The van der Waals surface area contributed by atoms with E-state index in [9.17, 15) is 19.5 Å². The monoisotopic (exact) mass is 714 g/mol. The summed E-state index contributed by atoms with van der Waals surface area (Å²) in [4.78, 5) is 45.7. The summed E-state index contributed by atoms with van der Waals surface area (Å²) in [6.07, 6.45) is 0.353. The molecule has 0 aliphatic carbocycles. The average Bonchev–Trinajstić information content (AvgIpc) is 3.35. The lowest BCUT2D eigenvalue weighted by atomic mass is 9.74. The molecule has 3 aliphatic heterocycles. The van der Waals surface area contributed by atoms with Crippen LogP contribution in [0, 0.1) is 17.8 Å². The van der Waals surface area contributed by atoms with Crippen LogP contribution in [0.2, 0.25) is 0 Å². The molecular formula is C40H62N2O9. The number of nitrogens with zero attached hydrogens (tertiary/aromatic N) is 2. The number of amides is 1. The van der Waals surface area contributed by atoms with E-state index < -0.39 is 71.7 Å².